The SMILES string of the molecule is C=CC(=O)NCc1ccc(Oc2ccc(C(F)(F)F)cc2)c2nc(CC)oc12. The number of nitrogens with zero attached hydrogens (tertiary/aromatic N) is 1. The molecule has 0 aliphatic carbocycles. The number of ether oxygens (including phenoxy) is 1. The predicted molar refractivity (Wildman–Crippen MR) is 96.9 cm³/mol. The van der Waals surface area contributed by atoms with E-state index in [4.69, 9.17) is 9.15 Å². The number of hydrogen-bond donors (Lipinski definition) is 1. The normalized spacial score (nSPS) is 11.4. The molecular formula is C20H17F3N2O3. The van der Waals surface area contributed by atoms with Gasteiger partial charge in [-0.2, -0.15) is 13.2 Å². The Morgan fingerprint density at radius 3 is 2.57 bits per heavy atom. The molecular weight excluding hydrogens is 373 g/mol. The van der Waals surface area contributed by atoms with Crippen LogP contribution in [0.5, 0.6) is 11.5 Å². The molecule has 1 aromatic heterocycles. The molecule has 0 atom stereocenters. The average molecular weight is 390 g/mol. The summed E-state index contributed by atoms with van der Waals surface area (Å²) in [5, 5.41) is 2.67. The summed E-state index contributed by atoms with van der Waals surface area (Å²) >= 11 is 0. The van der Waals surface area contributed by atoms with Crippen LogP contribution in [-0.4, -0.2) is 10.9 Å². The second-order valence-electron chi connectivity index (χ2n) is 5.91. The van der Waals surface area contributed by atoms with Gasteiger partial charge in [0.1, 0.15) is 5.75 Å². The number of alkyl halides is 3. The minimum absolute atomic E-state index is 0.209. The third-order valence-electron chi connectivity index (χ3n) is 3.98. The van der Waals surface area contributed by atoms with E-state index < -0.39 is 11.7 Å². The van der Waals surface area contributed by atoms with Crippen molar-refractivity contribution in [3.05, 3.63) is 66.1 Å². The predicted octanol–water partition coefficient (Wildman–Crippen LogP) is 5.00. The summed E-state index contributed by atoms with van der Waals surface area (Å²) in [4.78, 5) is 15.8. The molecule has 146 valence electrons. The summed E-state index contributed by atoms with van der Waals surface area (Å²) in [5.41, 5.74) is 0.818. The number of nitrogens with one attached hydrogen (secondary N) is 1. The van der Waals surface area contributed by atoms with Gasteiger partial charge in [0, 0.05) is 18.5 Å². The van der Waals surface area contributed by atoms with Crippen molar-refractivity contribution in [3.8, 4) is 11.5 Å². The molecule has 8 heteroatoms. The Morgan fingerprint density at radius 1 is 1.25 bits per heavy atom. The van der Waals surface area contributed by atoms with Gasteiger partial charge in [0.15, 0.2) is 22.7 Å². The van der Waals surface area contributed by atoms with E-state index in [-0.39, 0.29) is 18.2 Å². The second kappa shape index (κ2) is 7.75. The maximum absolute atomic E-state index is 12.7. The number of amides is 1. The zero-order valence-corrected chi connectivity index (χ0v) is 15.0. The van der Waals surface area contributed by atoms with Crippen LogP contribution in [-0.2, 0) is 23.9 Å². The topological polar surface area (TPSA) is 64.4 Å². The number of aromatic nitrogens is 1. The Kier molecular flexibility index (Phi) is 5.39. The van der Waals surface area contributed by atoms with Crippen molar-refractivity contribution in [2.24, 2.45) is 0 Å². The van der Waals surface area contributed by atoms with Crippen molar-refractivity contribution in [1.82, 2.24) is 10.3 Å². The molecule has 0 radical (unpaired) electrons. The zero-order chi connectivity index (χ0) is 20.3. The molecule has 28 heavy (non-hydrogen) atoms. The Balaban J connectivity index is 1.92. The molecule has 0 aliphatic rings. The van der Waals surface area contributed by atoms with Crippen LogP contribution in [0.4, 0.5) is 13.2 Å². The van der Waals surface area contributed by atoms with Crippen molar-refractivity contribution in [3.63, 3.8) is 0 Å². The fraction of sp³-hybridized carbons (Fsp3) is 0.200. The average Bonchev–Trinajstić information content (AvgIpc) is 3.12. The van der Waals surface area contributed by atoms with Crippen LogP contribution in [0, 0.1) is 0 Å². The van der Waals surface area contributed by atoms with Crippen LogP contribution in [0.25, 0.3) is 11.1 Å². The Hall–Kier alpha value is -3.29. The molecule has 1 amide bonds. The van der Waals surface area contributed by atoms with Gasteiger partial charge in [-0.1, -0.05) is 13.5 Å². The first kappa shape index (κ1) is 19.5. The number of carbonyl (C=O) groups excluding carboxylic acids is 1. The molecule has 0 saturated heterocycles. The van der Waals surface area contributed by atoms with Crippen LogP contribution in [0.15, 0.2) is 53.5 Å². The molecule has 3 rings (SSSR count). The molecule has 1 N–H and O–H groups in total. The maximum Gasteiger partial charge on any atom is 0.416 e. The van der Waals surface area contributed by atoms with Gasteiger partial charge in [-0.15, -0.1) is 0 Å². The molecule has 0 unspecified atom stereocenters. The molecule has 5 nitrogen and oxygen atoms in total. The smallest absolute Gasteiger partial charge is 0.416 e. The molecule has 0 aliphatic heterocycles. The van der Waals surface area contributed by atoms with Gasteiger partial charge in [-0.05, 0) is 42.5 Å². The van der Waals surface area contributed by atoms with Crippen molar-refractivity contribution < 1.29 is 27.1 Å². The molecule has 2 aromatic carbocycles. The standard InChI is InChI=1S/C20H17F3N2O3/c1-3-16(26)24-11-12-5-10-15(18-19(12)28-17(4-2)25-18)27-14-8-6-13(7-9-14)20(21,22)23/h3,5-10H,1,4,11H2,2H3,(H,24,26). The van der Waals surface area contributed by atoms with Gasteiger partial charge in [0.05, 0.1) is 5.56 Å². The number of fused-ring (bicyclic) bond motifs is 1. The first-order valence-corrected chi connectivity index (χ1v) is 8.48. The lowest BCUT2D eigenvalue weighted by molar-refractivity contribution is -0.137. The van der Waals surface area contributed by atoms with Crippen LogP contribution in [0.2, 0.25) is 0 Å². The van der Waals surface area contributed by atoms with E-state index in [1.807, 2.05) is 6.92 Å². The Morgan fingerprint density at radius 2 is 1.96 bits per heavy atom. The van der Waals surface area contributed by atoms with Gasteiger partial charge in [0.2, 0.25) is 5.91 Å². The largest absolute Gasteiger partial charge is 0.455 e. The lowest BCUT2D eigenvalue weighted by Crippen LogP contribution is -2.19. The molecule has 1 heterocycles. The quantitative estimate of drug-likeness (QED) is 0.602. The van der Waals surface area contributed by atoms with Gasteiger partial charge >= 0.3 is 6.18 Å². The third-order valence-corrected chi connectivity index (χ3v) is 3.98. The molecule has 0 saturated carbocycles. The van der Waals surface area contributed by atoms with Crippen LogP contribution in [0.1, 0.15) is 23.9 Å². The lowest BCUT2D eigenvalue weighted by Gasteiger charge is -2.10. The number of carbonyl (C=O) groups is 1. The highest BCUT2D eigenvalue weighted by atomic mass is 19.4. The van der Waals surface area contributed by atoms with Crippen LogP contribution >= 0.6 is 0 Å². The summed E-state index contributed by atoms with van der Waals surface area (Å²) in [6.07, 6.45) is -2.70. The van der Waals surface area contributed by atoms with Crippen molar-refractivity contribution in [2.75, 3.05) is 0 Å². The first-order valence-electron chi connectivity index (χ1n) is 8.48. The molecule has 0 fully saturated rings. The summed E-state index contributed by atoms with van der Waals surface area (Å²) in [7, 11) is 0. The van der Waals surface area contributed by atoms with Crippen molar-refractivity contribution >= 4 is 17.0 Å². The summed E-state index contributed by atoms with van der Waals surface area (Å²) in [6, 6.07) is 7.73. The fourth-order valence-corrected chi connectivity index (χ4v) is 2.55. The third kappa shape index (κ3) is 4.16. The summed E-state index contributed by atoms with van der Waals surface area (Å²) in [5.74, 6) is 0.739. The number of hydrogen-bond acceptors (Lipinski definition) is 4. The van der Waals surface area contributed by atoms with Crippen molar-refractivity contribution in [2.45, 2.75) is 26.1 Å². The Labute approximate surface area is 158 Å². The van der Waals surface area contributed by atoms with E-state index in [0.717, 1.165) is 18.2 Å². The number of halogens is 3. The lowest BCUT2D eigenvalue weighted by atomic mass is 10.1. The van der Waals surface area contributed by atoms with Gasteiger partial charge in [-0.25, -0.2) is 4.98 Å². The Bertz CT molecular complexity index is 1010. The fourth-order valence-electron chi connectivity index (χ4n) is 2.55. The monoisotopic (exact) mass is 390 g/mol. The maximum atomic E-state index is 12.7. The minimum Gasteiger partial charge on any atom is -0.455 e. The number of oxazole rings is 1. The molecule has 0 bridgehead atoms. The summed E-state index contributed by atoms with van der Waals surface area (Å²) < 4.78 is 49.6. The highest BCUT2D eigenvalue weighted by Crippen LogP contribution is 2.34. The van der Waals surface area contributed by atoms with Gasteiger partial charge in [0.25, 0.3) is 0 Å². The van der Waals surface area contributed by atoms with E-state index in [2.05, 4.69) is 16.9 Å². The van der Waals surface area contributed by atoms with Crippen LogP contribution < -0.4 is 10.1 Å². The van der Waals surface area contributed by atoms with Gasteiger partial charge in [-0.3, -0.25) is 4.79 Å². The van der Waals surface area contributed by atoms with Crippen LogP contribution in [0.3, 0.4) is 0 Å². The van der Waals surface area contributed by atoms with Gasteiger partial charge < -0.3 is 14.5 Å². The van der Waals surface area contributed by atoms with Crippen molar-refractivity contribution in [1.29, 1.82) is 0 Å². The number of aryl methyl sites for hydroxylation is 1. The highest BCUT2D eigenvalue weighted by molar-refractivity contribution is 5.88. The highest BCUT2D eigenvalue weighted by Gasteiger charge is 2.30. The zero-order valence-electron chi connectivity index (χ0n) is 15.0. The number of benzene rings is 2. The first-order chi connectivity index (χ1) is 13.3. The summed E-state index contributed by atoms with van der Waals surface area (Å²) in [6.45, 7) is 5.48. The van der Waals surface area contributed by atoms with E-state index in [9.17, 15) is 18.0 Å². The van der Waals surface area contributed by atoms with E-state index in [0.29, 0.717) is 34.7 Å². The minimum atomic E-state index is -4.41. The number of rotatable bonds is 6. The molecule has 0 spiro atoms. The van der Waals surface area contributed by atoms with E-state index >= 15 is 0 Å². The van der Waals surface area contributed by atoms with E-state index in [1.54, 1.807) is 12.1 Å². The molecule has 3 aromatic rings. The second-order valence-corrected chi connectivity index (χ2v) is 5.91. The van der Waals surface area contributed by atoms with E-state index in [1.165, 1.54) is 12.1 Å².